The monoisotopic (exact) mass is 326 g/mol. The van der Waals surface area contributed by atoms with Crippen LogP contribution in [0.3, 0.4) is 0 Å². The average Bonchev–Trinajstić information content (AvgIpc) is 2.36. The van der Waals surface area contributed by atoms with Gasteiger partial charge in [-0.05, 0) is 51.0 Å². The van der Waals surface area contributed by atoms with E-state index in [1.165, 1.54) is 0 Å². The van der Waals surface area contributed by atoms with E-state index in [-0.39, 0.29) is 11.8 Å². The summed E-state index contributed by atoms with van der Waals surface area (Å²) in [6.07, 6.45) is -0.613. The zero-order valence-electron chi connectivity index (χ0n) is 13.6. The van der Waals surface area contributed by atoms with Crippen LogP contribution in [0.2, 0.25) is 5.02 Å². The molecule has 1 atom stereocenters. The maximum Gasteiger partial charge on any atom is 0.408 e. The Kier molecular flexibility index (Phi) is 6.23. The van der Waals surface area contributed by atoms with Crippen molar-refractivity contribution in [3.05, 3.63) is 29.3 Å². The van der Waals surface area contributed by atoms with Crippen molar-refractivity contribution in [2.24, 2.45) is 5.92 Å². The first-order valence-electron chi connectivity index (χ1n) is 7.14. The second-order valence-electron chi connectivity index (χ2n) is 6.36. The lowest BCUT2D eigenvalue weighted by Gasteiger charge is -2.25. The SMILES string of the molecule is CC(C)C(NC(=O)OC(C)(C)C)C(=O)Nc1ccc(Cl)cc1. The zero-order chi connectivity index (χ0) is 16.9. The predicted molar refractivity (Wildman–Crippen MR) is 88.1 cm³/mol. The summed E-state index contributed by atoms with van der Waals surface area (Å²) in [6, 6.07) is 6.08. The van der Waals surface area contributed by atoms with Crippen molar-refractivity contribution < 1.29 is 14.3 Å². The molecule has 1 aromatic rings. The van der Waals surface area contributed by atoms with Crippen LogP contribution < -0.4 is 10.6 Å². The molecule has 0 bridgehead atoms. The van der Waals surface area contributed by atoms with E-state index < -0.39 is 17.7 Å². The number of hydrogen-bond acceptors (Lipinski definition) is 3. The number of rotatable bonds is 4. The fourth-order valence-corrected chi connectivity index (χ4v) is 1.85. The van der Waals surface area contributed by atoms with Crippen LogP contribution in [0.15, 0.2) is 24.3 Å². The fraction of sp³-hybridized carbons (Fsp3) is 0.500. The maximum absolute atomic E-state index is 12.3. The Morgan fingerprint density at radius 2 is 1.68 bits per heavy atom. The fourth-order valence-electron chi connectivity index (χ4n) is 1.72. The molecule has 1 rings (SSSR count). The molecule has 22 heavy (non-hydrogen) atoms. The summed E-state index contributed by atoms with van der Waals surface area (Å²) in [5, 5.41) is 5.94. The molecule has 0 aromatic heterocycles. The highest BCUT2D eigenvalue weighted by Crippen LogP contribution is 2.15. The molecule has 5 nitrogen and oxygen atoms in total. The molecule has 2 amide bonds. The second kappa shape index (κ2) is 7.49. The lowest BCUT2D eigenvalue weighted by molar-refractivity contribution is -0.119. The third-order valence-electron chi connectivity index (χ3n) is 2.73. The smallest absolute Gasteiger partial charge is 0.408 e. The molecule has 1 unspecified atom stereocenters. The van der Waals surface area contributed by atoms with Gasteiger partial charge in [0.2, 0.25) is 5.91 Å². The molecule has 0 saturated heterocycles. The van der Waals surface area contributed by atoms with E-state index >= 15 is 0 Å². The Bertz CT molecular complexity index is 521. The summed E-state index contributed by atoms with van der Waals surface area (Å²) < 4.78 is 5.19. The predicted octanol–water partition coefficient (Wildman–Crippen LogP) is 3.83. The minimum absolute atomic E-state index is 0.0835. The molecule has 0 spiro atoms. The summed E-state index contributed by atoms with van der Waals surface area (Å²) in [4.78, 5) is 24.2. The average molecular weight is 327 g/mol. The quantitative estimate of drug-likeness (QED) is 0.883. The van der Waals surface area contributed by atoms with Gasteiger partial charge in [0, 0.05) is 10.7 Å². The molecule has 0 heterocycles. The van der Waals surface area contributed by atoms with Gasteiger partial charge in [-0.25, -0.2) is 4.79 Å². The molecule has 0 aliphatic carbocycles. The highest BCUT2D eigenvalue weighted by molar-refractivity contribution is 6.30. The number of benzene rings is 1. The van der Waals surface area contributed by atoms with Gasteiger partial charge in [-0.3, -0.25) is 4.79 Å². The first kappa shape index (κ1) is 18.3. The van der Waals surface area contributed by atoms with E-state index in [1.54, 1.807) is 45.0 Å². The molecule has 0 aliphatic heterocycles. The minimum Gasteiger partial charge on any atom is -0.444 e. The van der Waals surface area contributed by atoms with Gasteiger partial charge in [0.25, 0.3) is 0 Å². The van der Waals surface area contributed by atoms with Gasteiger partial charge in [0.1, 0.15) is 11.6 Å². The Balaban J connectivity index is 2.71. The van der Waals surface area contributed by atoms with Crippen LogP contribution in [0.5, 0.6) is 0 Å². The number of nitrogens with one attached hydrogen (secondary N) is 2. The number of ether oxygens (including phenoxy) is 1. The van der Waals surface area contributed by atoms with Crippen molar-refractivity contribution >= 4 is 29.3 Å². The van der Waals surface area contributed by atoms with Crippen molar-refractivity contribution in [3.8, 4) is 0 Å². The normalized spacial score (nSPS) is 12.7. The number of alkyl carbamates (subject to hydrolysis) is 1. The van der Waals surface area contributed by atoms with Crippen LogP contribution in [-0.2, 0) is 9.53 Å². The Morgan fingerprint density at radius 3 is 2.14 bits per heavy atom. The molecule has 0 aliphatic rings. The van der Waals surface area contributed by atoms with Crippen molar-refractivity contribution in [2.45, 2.75) is 46.3 Å². The maximum atomic E-state index is 12.3. The van der Waals surface area contributed by atoms with Gasteiger partial charge < -0.3 is 15.4 Å². The van der Waals surface area contributed by atoms with E-state index in [0.29, 0.717) is 10.7 Å². The van der Waals surface area contributed by atoms with Crippen LogP contribution in [0.1, 0.15) is 34.6 Å². The molecule has 2 N–H and O–H groups in total. The van der Waals surface area contributed by atoms with Gasteiger partial charge in [-0.15, -0.1) is 0 Å². The molecule has 0 saturated carbocycles. The van der Waals surface area contributed by atoms with Crippen LogP contribution in [0, 0.1) is 5.92 Å². The Labute approximate surface area is 136 Å². The first-order chi connectivity index (χ1) is 10.1. The van der Waals surface area contributed by atoms with E-state index in [9.17, 15) is 9.59 Å². The van der Waals surface area contributed by atoms with Crippen LogP contribution in [-0.4, -0.2) is 23.6 Å². The number of anilines is 1. The van der Waals surface area contributed by atoms with Crippen LogP contribution in [0.4, 0.5) is 10.5 Å². The third-order valence-corrected chi connectivity index (χ3v) is 2.99. The number of hydrogen-bond donors (Lipinski definition) is 2. The van der Waals surface area contributed by atoms with Crippen molar-refractivity contribution in [1.29, 1.82) is 0 Å². The van der Waals surface area contributed by atoms with Crippen molar-refractivity contribution in [3.63, 3.8) is 0 Å². The van der Waals surface area contributed by atoms with Gasteiger partial charge in [-0.2, -0.15) is 0 Å². The van der Waals surface area contributed by atoms with Crippen molar-refractivity contribution in [1.82, 2.24) is 5.32 Å². The molecular formula is C16H23ClN2O3. The number of carbonyl (C=O) groups is 2. The van der Waals surface area contributed by atoms with E-state index in [1.807, 2.05) is 13.8 Å². The zero-order valence-corrected chi connectivity index (χ0v) is 14.3. The number of carbonyl (C=O) groups excluding carboxylic acids is 2. The van der Waals surface area contributed by atoms with Crippen LogP contribution >= 0.6 is 11.6 Å². The van der Waals surface area contributed by atoms with E-state index in [0.717, 1.165) is 0 Å². The van der Waals surface area contributed by atoms with Crippen molar-refractivity contribution in [2.75, 3.05) is 5.32 Å². The van der Waals surface area contributed by atoms with Crippen LogP contribution in [0.25, 0.3) is 0 Å². The molecular weight excluding hydrogens is 304 g/mol. The molecule has 6 heteroatoms. The number of amides is 2. The Morgan fingerprint density at radius 1 is 1.14 bits per heavy atom. The first-order valence-corrected chi connectivity index (χ1v) is 7.52. The lowest BCUT2D eigenvalue weighted by atomic mass is 10.0. The second-order valence-corrected chi connectivity index (χ2v) is 6.80. The standard InChI is InChI=1S/C16H23ClN2O3/c1-10(2)13(19-15(21)22-16(3,4)5)14(20)18-12-8-6-11(17)7-9-12/h6-10,13H,1-5H3,(H,18,20)(H,19,21). The minimum atomic E-state index is -0.689. The highest BCUT2D eigenvalue weighted by Gasteiger charge is 2.26. The van der Waals surface area contributed by atoms with Gasteiger partial charge in [0.05, 0.1) is 0 Å². The summed E-state index contributed by atoms with van der Waals surface area (Å²) in [7, 11) is 0. The largest absolute Gasteiger partial charge is 0.444 e. The molecule has 122 valence electrons. The molecule has 0 radical (unpaired) electrons. The summed E-state index contributed by atoms with van der Waals surface area (Å²) in [6.45, 7) is 9.01. The number of halogens is 1. The summed E-state index contributed by atoms with van der Waals surface area (Å²) in [5.74, 6) is -0.386. The molecule has 0 fully saturated rings. The summed E-state index contributed by atoms with van der Waals surface area (Å²) in [5.41, 5.74) is 0.00387. The Hall–Kier alpha value is -1.75. The topological polar surface area (TPSA) is 67.4 Å². The van der Waals surface area contributed by atoms with E-state index in [4.69, 9.17) is 16.3 Å². The summed E-state index contributed by atoms with van der Waals surface area (Å²) >= 11 is 5.81. The third kappa shape index (κ3) is 6.35. The van der Waals surface area contributed by atoms with Gasteiger partial charge in [-0.1, -0.05) is 25.4 Å². The van der Waals surface area contributed by atoms with E-state index in [2.05, 4.69) is 10.6 Å². The van der Waals surface area contributed by atoms with Gasteiger partial charge >= 0.3 is 6.09 Å². The molecule has 1 aromatic carbocycles. The lowest BCUT2D eigenvalue weighted by Crippen LogP contribution is -2.48. The van der Waals surface area contributed by atoms with Gasteiger partial charge in [0.15, 0.2) is 0 Å². The highest BCUT2D eigenvalue weighted by atomic mass is 35.5.